The second-order valence-corrected chi connectivity index (χ2v) is 13.0. The molecule has 1 aromatic carbocycles. The van der Waals surface area contributed by atoms with E-state index in [1.165, 1.54) is 4.90 Å². The van der Waals surface area contributed by atoms with Crippen molar-refractivity contribution in [3.8, 4) is 0 Å². The van der Waals surface area contributed by atoms with Gasteiger partial charge in [0.2, 0.25) is 11.8 Å². The lowest BCUT2D eigenvalue weighted by molar-refractivity contribution is -0.159. The predicted octanol–water partition coefficient (Wildman–Crippen LogP) is 2.97. The summed E-state index contributed by atoms with van der Waals surface area (Å²) in [5.74, 6) is -3.53. The molecule has 3 saturated heterocycles. The van der Waals surface area contributed by atoms with E-state index < -0.39 is 53.6 Å². The van der Waals surface area contributed by atoms with Gasteiger partial charge in [0.1, 0.15) is 17.7 Å². The Kier molecular flexibility index (Phi) is 10.2. The summed E-state index contributed by atoms with van der Waals surface area (Å²) in [7, 11) is 0. The van der Waals surface area contributed by atoms with Gasteiger partial charge >= 0.3 is 5.97 Å². The van der Waals surface area contributed by atoms with E-state index in [9.17, 15) is 24.3 Å². The van der Waals surface area contributed by atoms with Crippen LogP contribution in [0.25, 0.3) is 0 Å². The van der Waals surface area contributed by atoms with E-state index in [4.69, 9.17) is 9.47 Å². The number of rotatable bonds is 13. The second-order valence-electron chi connectivity index (χ2n) is 11.8. The SMILES string of the molecule is C=CCCC(=O)NC[C@@H](C)OC(=O)[C@H]1[C@@H]2O[C@@]3(CC2Br)[C@@H]1C(=O)N([C@H](C)CO)[C@@H]3C(=O)N(CC=C)c1c(C)cccc1C. The number of hydrogen-bond donors (Lipinski definition) is 2. The van der Waals surface area contributed by atoms with E-state index in [0.29, 0.717) is 12.8 Å². The number of aryl methyl sites for hydroxylation is 2. The molecule has 234 valence electrons. The molecular formula is C32H42BrN3O7. The number of benzene rings is 1. The molecule has 0 radical (unpaired) electrons. The normalized spacial score (nSPS) is 28.7. The zero-order chi connectivity index (χ0) is 31.6. The maximum atomic E-state index is 14.7. The van der Waals surface area contributed by atoms with Crippen LogP contribution in [-0.2, 0) is 28.7 Å². The highest BCUT2D eigenvalue weighted by Gasteiger charge is 2.77. The van der Waals surface area contributed by atoms with Gasteiger partial charge in [0.05, 0.1) is 37.1 Å². The van der Waals surface area contributed by atoms with Crippen molar-refractivity contribution in [1.82, 2.24) is 10.2 Å². The minimum absolute atomic E-state index is 0.114. The first-order chi connectivity index (χ1) is 20.4. The van der Waals surface area contributed by atoms with Crippen molar-refractivity contribution in [3.05, 3.63) is 54.6 Å². The molecule has 1 unspecified atom stereocenters. The number of likely N-dealkylation sites (tertiary alicyclic amines) is 1. The van der Waals surface area contributed by atoms with Crippen molar-refractivity contribution in [1.29, 1.82) is 0 Å². The molecule has 3 aliphatic heterocycles. The monoisotopic (exact) mass is 659 g/mol. The lowest BCUT2D eigenvalue weighted by Crippen LogP contribution is -2.59. The van der Waals surface area contributed by atoms with Gasteiger partial charge in [0.25, 0.3) is 5.91 Å². The smallest absolute Gasteiger partial charge is 0.312 e. The van der Waals surface area contributed by atoms with Gasteiger partial charge in [-0.3, -0.25) is 19.2 Å². The number of ether oxygens (including phenoxy) is 2. The maximum Gasteiger partial charge on any atom is 0.312 e. The zero-order valence-corrected chi connectivity index (χ0v) is 26.8. The molecule has 11 heteroatoms. The van der Waals surface area contributed by atoms with Gasteiger partial charge in [-0.25, -0.2) is 0 Å². The molecule has 3 aliphatic rings. The summed E-state index contributed by atoms with van der Waals surface area (Å²) in [6.45, 7) is 14.6. The number of alkyl halides is 1. The summed E-state index contributed by atoms with van der Waals surface area (Å²) >= 11 is 3.66. The van der Waals surface area contributed by atoms with Crippen molar-refractivity contribution in [3.63, 3.8) is 0 Å². The molecular weight excluding hydrogens is 618 g/mol. The van der Waals surface area contributed by atoms with Crippen LogP contribution in [0.4, 0.5) is 5.69 Å². The predicted molar refractivity (Wildman–Crippen MR) is 166 cm³/mol. The third-order valence-corrected chi connectivity index (χ3v) is 9.58. The molecule has 3 amide bonds. The Labute approximate surface area is 261 Å². The van der Waals surface area contributed by atoms with Crippen molar-refractivity contribution < 1.29 is 33.8 Å². The minimum atomic E-state index is -1.31. The quantitative estimate of drug-likeness (QED) is 0.189. The summed E-state index contributed by atoms with van der Waals surface area (Å²) in [5.41, 5.74) is 1.19. The summed E-state index contributed by atoms with van der Waals surface area (Å²) in [6.07, 6.45) is 3.09. The number of amides is 3. The van der Waals surface area contributed by atoms with Crippen LogP contribution in [-0.4, -0.2) is 88.1 Å². The molecule has 1 spiro atoms. The third-order valence-electron chi connectivity index (χ3n) is 8.74. The first-order valence-electron chi connectivity index (χ1n) is 14.7. The van der Waals surface area contributed by atoms with Crippen molar-refractivity contribution in [2.75, 3.05) is 24.6 Å². The Morgan fingerprint density at radius 3 is 2.53 bits per heavy atom. The third kappa shape index (κ3) is 5.91. The molecule has 0 aliphatic carbocycles. The zero-order valence-electron chi connectivity index (χ0n) is 25.3. The van der Waals surface area contributed by atoms with E-state index in [0.717, 1.165) is 16.8 Å². The van der Waals surface area contributed by atoms with Crippen molar-refractivity contribution >= 4 is 45.3 Å². The number of aliphatic hydroxyl groups is 1. The molecule has 3 heterocycles. The van der Waals surface area contributed by atoms with Crippen molar-refractivity contribution in [2.45, 2.75) is 81.7 Å². The molecule has 1 aromatic rings. The molecule has 4 rings (SSSR count). The number of carbonyl (C=O) groups excluding carboxylic acids is 4. The molecule has 2 N–H and O–H groups in total. The van der Waals surface area contributed by atoms with Crippen LogP contribution in [0.15, 0.2) is 43.5 Å². The number of hydrogen-bond acceptors (Lipinski definition) is 7. The molecule has 3 fully saturated rings. The van der Waals surface area contributed by atoms with Crippen LogP contribution in [0, 0.1) is 25.7 Å². The Hall–Kier alpha value is -3.02. The highest BCUT2D eigenvalue weighted by molar-refractivity contribution is 9.09. The number of nitrogens with one attached hydrogen (secondary N) is 1. The number of anilines is 1. The summed E-state index contributed by atoms with van der Waals surface area (Å²) in [6, 6.07) is 3.96. The Morgan fingerprint density at radius 1 is 1.26 bits per heavy atom. The number of halogens is 1. The first-order valence-corrected chi connectivity index (χ1v) is 15.7. The van der Waals surface area contributed by atoms with Gasteiger partial charge < -0.3 is 29.7 Å². The van der Waals surface area contributed by atoms with Gasteiger partial charge in [0.15, 0.2) is 0 Å². The fourth-order valence-corrected chi connectivity index (χ4v) is 7.82. The van der Waals surface area contributed by atoms with Crippen LogP contribution in [0.1, 0.15) is 44.2 Å². The van der Waals surface area contributed by atoms with Crippen LogP contribution in [0.3, 0.4) is 0 Å². The number of para-hydroxylation sites is 1. The summed E-state index contributed by atoms with van der Waals surface area (Å²) < 4.78 is 12.3. The van der Waals surface area contributed by atoms with Gasteiger partial charge in [-0.2, -0.15) is 0 Å². The topological polar surface area (TPSA) is 125 Å². The Balaban J connectivity index is 1.68. The van der Waals surface area contributed by atoms with E-state index in [1.807, 2.05) is 32.0 Å². The van der Waals surface area contributed by atoms with Crippen LogP contribution < -0.4 is 10.2 Å². The number of carbonyl (C=O) groups is 4. The van der Waals surface area contributed by atoms with Crippen molar-refractivity contribution in [2.24, 2.45) is 11.8 Å². The highest BCUT2D eigenvalue weighted by Crippen LogP contribution is 2.60. The standard InChI is InChI=1S/C32H42BrN3O7/c1-7-9-13-23(38)34-16-21(6)42-31(41)24-25-29(39)36(20(5)17-37)28(32(25)15-22(33)27(24)43-32)30(40)35(14-8-2)26-18(3)11-10-12-19(26)4/h7-8,10-12,20-22,24-25,27-28,37H,1-2,9,13-17H2,3-6H3,(H,34,38)/t20-,21-,22?,24-,25+,27-,28-,32+/m1/s1. The average molecular weight is 661 g/mol. The lowest BCUT2D eigenvalue weighted by Gasteiger charge is -2.39. The highest BCUT2D eigenvalue weighted by atomic mass is 79.9. The van der Waals surface area contributed by atoms with E-state index in [2.05, 4.69) is 34.4 Å². The first kappa shape index (κ1) is 32.9. The van der Waals surface area contributed by atoms with Gasteiger partial charge in [0, 0.05) is 23.5 Å². The molecule has 8 atom stereocenters. The molecule has 43 heavy (non-hydrogen) atoms. The minimum Gasteiger partial charge on any atom is -0.460 e. The number of nitrogens with zero attached hydrogens (tertiary/aromatic N) is 2. The lowest BCUT2D eigenvalue weighted by atomic mass is 9.70. The van der Waals surface area contributed by atoms with Gasteiger partial charge in [-0.1, -0.05) is 46.3 Å². The number of esters is 1. The van der Waals surface area contributed by atoms with Crippen LogP contribution in [0.5, 0.6) is 0 Å². The Bertz CT molecular complexity index is 1270. The fraction of sp³-hybridized carbons (Fsp3) is 0.562. The van der Waals surface area contributed by atoms with E-state index >= 15 is 0 Å². The number of allylic oxidation sites excluding steroid dienone is 1. The maximum absolute atomic E-state index is 14.7. The Morgan fingerprint density at radius 2 is 1.93 bits per heavy atom. The van der Waals surface area contributed by atoms with E-state index in [-0.39, 0.29) is 42.8 Å². The van der Waals surface area contributed by atoms with Crippen LogP contribution in [0.2, 0.25) is 0 Å². The average Bonchev–Trinajstić information content (AvgIpc) is 3.56. The van der Waals surface area contributed by atoms with Crippen LogP contribution >= 0.6 is 15.9 Å². The molecule has 0 saturated carbocycles. The fourth-order valence-electron chi connectivity index (χ4n) is 6.88. The number of aliphatic hydroxyl groups excluding tert-OH is 1. The second kappa shape index (κ2) is 13.3. The number of fused-ring (bicyclic) bond motifs is 1. The van der Waals surface area contributed by atoms with Gasteiger partial charge in [-0.05, 0) is 51.7 Å². The summed E-state index contributed by atoms with van der Waals surface area (Å²) in [4.78, 5) is 57.3. The van der Waals surface area contributed by atoms with Gasteiger partial charge in [-0.15, -0.1) is 13.2 Å². The molecule has 2 bridgehead atoms. The molecule has 0 aromatic heterocycles. The largest absolute Gasteiger partial charge is 0.460 e. The van der Waals surface area contributed by atoms with E-state index in [1.54, 1.807) is 30.9 Å². The molecule has 10 nitrogen and oxygen atoms in total. The summed E-state index contributed by atoms with van der Waals surface area (Å²) in [5, 5.41) is 12.9.